The van der Waals surface area contributed by atoms with Gasteiger partial charge in [0.25, 0.3) is 0 Å². The van der Waals surface area contributed by atoms with Crippen LogP contribution in [-0.2, 0) is 4.79 Å². The van der Waals surface area contributed by atoms with E-state index in [-0.39, 0.29) is 25.1 Å². The van der Waals surface area contributed by atoms with Crippen LogP contribution in [0.3, 0.4) is 0 Å². The first-order valence-corrected chi connectivity index (χ1v) is 6.83. The number of nitrogens with zero attached hydrogens (tertiary/aromatic N) is 1. The third-order valence-electron chi connectivity index (χ3n) is 2.97. The van der Waals surface area contributed by atoms with Crippen LogP contribution in [0, 0.1) is 6.92 Å². The molecule has 0 aromatic heterocycles. The van der Waals surface area contributed by atoms with Crippen LogP contribution in [0.5, 0.6) is 5.75 Å². The van der Waals surface area contributed by atoms with Crippen molar-refractivity contribution < 1.29 is 19.4 Å². The summed E-state index contributed by atoms with van der Waals surface area (Å²) in [7, 11) is 1.56. The van der Waals surface area contributed by atoms with Gasteiger partial charge in [-0.3, -0.25) is 4.79 Å². The fourth-order valence-corrected chi connectivity index (χ4v) is 1.68. The first-order valence-electron chi connectivity index (χ1n) is 6.83. The zero-order chi connectivity index (χ0) is 15.8. The van der Waals surface area contributed by atoms with Gasteiger partial charge in [-0.05, 0) is 25.5 Å². The number of amides is 2. The lowest BCUT2D eigenvalue weighted by molar-refractivity contribution is -0.137. The minimum absolute atomic E-state index is 0.0703. The van der Waals surface area contributed by atoms with Crippen molar-refractivity contribution in [3.63, 3.8) is 0 Å². The molecule has 1 aromatic carbocycles. The molecular weight excluding hydrogens is 272 g/mol. The van der Waals surface area contributed by atoms with Crippen molar-refractivity contribution >= 4 is 12.0 Å². The van der Waals surface area contributed by atoms with Crippen molar-refractivity contribution in [3.05, 3.63) is 29.8 Å². The SMILES string of the molecule is Cc1ccccc1OC(C)CNC(=O)N(C)CCC(=O)O. The van der Waals surface area contributed by atoms with E-state index in [2.05, 4.69) is 5.32 Å². The molecule has 1 aromatic rings. The molecule has 0 fully saturated rings. The summed E-state index contributed by atoms with van der Waals surface area (Å²) in [6, 6.07) is 7.36. The summed E-state index contributed by atoms with van der Waals surface area (Å²) in [6.07, 6.45) is -0.248. The van der Waals surface area contributed by atoms with Crippen LogP contribution in [0.1, 0.15) is 18.9 Å². The number of rotatable bonds is 7. The summed E-state index contributed by atoms with van der Waals surface area (Å²) >= 11 is 0. The average Bonchev–Trinajstić information content (AvgIpc) is 2.44. The van der Waals surface area contributed by atoms with E-state index in [1.807, 2.05) is 38.1 Å². The van der Waals surface area contributed by atoms with E-state index in [1.54, 1.807) is 7.05 Å². The number of carboxylic acids is 1. The molecule has 0 bridgehead atoms. The summed E-state index contributed by atoms with van der Waals surface area (Å²) < 4.78 is 5.75. The highest BCUT2D eigenvalue weighted by Gasteiger charge is 2.12. The van der Waals surface area contributed by atoms with Crippen LogP contribution >= 0.6 is 0 Å². The number of carbonyl (C=O) groups is 2. The minimum Gasteiger partial charge on any atom is -0.489 e. The van der Waals surface area contributed by atoms with Crippen molar-refractivity contribution in [2.75, 3.05) is 20.1 Å². The molecule has 0 spiro atoms. The number of aryl methyl sites for hydroxylation is 1. The van der Waals surface area contributed by atoms with Crippen LogP contribution in [0.2, 0.25) is 0 Å². The molecule has 116 valence electrons. The molecule has 0 radical (unpaired) electrons. The first-order chi connectivity index (χ1) is 9.90. The predicted octanol–water partition coefficient (Wildman–Crippen LogP) is 1.88. The number of aliphatic carboxylic acids is 1. The largest absolute Gasteiger partial charge is 0.489 e. The zero-order valence-corrected chi connectivity index (χ0v) is 12.6. The lowest BCUT2D eigenvalue weighted by Crippen LogP contribution is -2.42. The van der Waals surface area contributed by atoms with Gasteiger partial charge in [-0.15, -0.1) is 0 Å². The quantitative estimate of drug-likeness (QED) is 0.804. The topological polar surface area (TPSA) is 78.9 Å². The lowest BCUT2D eigenvalue weighted by Gasteiger charge is -2.20. The van der Waals surface area contributed by atoms with Gasteiger partial charge in [0.1, 0.15) is 11.9 Å². The second kappa shape index (κ2) is 8.14. The summed E-state index contributed by atoms with van der Waals surface area (Å²) in [4.78, 5) is 23.5. The van der Waals surface area contributed by atoms with Crippen LogP contribution < -0.4 is 10.1 Å². The van der Waals surface area contributed by atoms with Gasteiger partial charge in [0, 0.05) is 13.6 Å². The van der Waals surface area contributed by atoms with E-state index in [0.29, 0.717) is 6.54 Å². The fraction of sp³-hybridized carbons (Fsp3) is 0.467. The molecule has 0 aliphatic heterocycles. The fourth-order valence-electron chi connectivity index (χ4n) is 1.68. The van der Waals surface area contributed by atoms with Crippen molar-refractivity contribution in [3.8, 4) is 5.75 Å². The second-order valence-electron chi connectivity index (χ2n) is 4.95. The molecule has 6 nitrogen and oxygen atoms in total. The average molecular weight is 294 g/mol. The maximum Gasteiger partial charge on any atom is 0.317 e. The van der Waals surface area contributed by atoms with Crippen molar-refractivity contribution in [2.24, 2.45) is 0 Å². The number of para-hydroxylation sites is 1. The lowest BCUT2D eigenvalue weighted by atomic mass is 10.2. The van der Waals surface area contributed by atoms with E-state index in [4.69, 9.17) is 9.84 Å². The molecule has 0 aliphatic rings. The third kappa shape index (κ3) is 6.16. The number of hydrogen-bond donors (Lipinski definition) is 2. The minimum atomic E-state index is -0.925. The zero-order valence-electron chi connectivity index (χ0n) is 12.6. The molecule has 0 saturated heterocycles. The predicted molar refractivity (Wildman–Crippen MR) is 79.6 cm³/mol. The Bertz CT molecular complexity index is 490. The maximum absolute atomic E-state index is 11.7. The molecule has 0 aliphatic carbocycles. The molecule has 1 unspecified atom stereocenters. The van der Waals surface area contributed by atoms with E-state index >= 15 is 0 Å². The van der Waals surface area contributed by atoms with Gasteiger partial charge < -0.3 is 20.1 Å². The number of hydrogen-bond acceptors (Lipinski definition) is 3. The van der Waals surface area contributed by atoms with Gasteiger partial charge in [-0.2, -0.15) is 0 Å². The Morgan fingerprint density at radius 2 is 2.05 bits per heavy atom. The van der Waals surface area contributed by atoms with Gasteiger partial charge in [0.15, 0.2) is 0 Å². The van der Waals surface area contributed by atoms with Gasteiger partial charge >= 0.3 is 12.0 Å². The first kappa shape index (κ1) is 16.8. The molecule has 2 N–H and O–H groups in total. The maximum atomic E-state index is 11.7. The van der Waals surface area contributed by atoms with Gasteiger partial charge in [-0.1, -0.05) is 18.2 Å². The monoisotopic (exact) mass is 294 g/mol. The van der Waals surface area contributed by atoms with Gasteiger partial charge in [0.2, 0.25) is 0 Å². The Hall–Kier alpha value is -2.24. The van der Waals surface area contributed by atoms with Crippen LogP contribution in [0.4, 0.5) is 4.79 Å². The van der Waals surface area contributed by atoms with Gasteiger partial charge in [0.05, 0.1) is 13.0 Å². The summed E-state index contributed by atoms with van der Waals surface area (Å²) in [5.41, 5.74) is 1.04. The highest BCUT2D eigenvalue weighted by Crippen LogP contribution is 2.17. The molecule has 1 rings (SSSR count). The molecule has 0 heterocycles. The van der Waals surface area contributed by atoms with Crippen molar-refractivity contribution in [1.29, 1.82) is 0 Å². The molecule has 2 amide bonds. The van der Waals surface area contributed by atoms with E-state index in [1.165, 1.54) is 4.90 Å². The number of nitrogens with one attached hydrogen (secondary N) is 1. The van der Waals surface area contributed by atoms with Gasteiger partial charge in [-0.25, -0.2) is 4.79 Å². The highest BCUT2D eigenvalue weighted by atomic mass is 16.5. The second-order valence-corrected chi connectivity index (χ2v) is 4.95. The molecule has 6 heteroatoms. The van der Waals surface area contributed by atoms with Crippen LogP contribution in [0.15, 0.2) is 24.3 Å². The summed E-state index contributed by atoms with van der Waals surface area (Å²) in [5, 5.41) is 11.3. The van der Waals surface area contributed by atoms with Crippen molar-refractivity contribution in [1.82, 2.24) is 10.2 Å². The van der Waals surface area contributed by atoms with E-state index in [0.717, 1.165) is 11.3 Å². The van der Waals surface area contributed by atoms with Crippen LogP contribution in [0.25, 0.3) is 0 Å². The van der Waals surface area contributed by atoms with E-state index < -0.39 is 5.97 Å². The molecule has 0 saturated carbocycles. The highest BCUT2D eigenvalue weighted by molar-refractivity contribution is 5.75. The Balaban J connectivity index is 2.35. The number of urea groups is 1. The third-order valence-corrected chi connectivity index (χ3v) is 2.97. The number of carbonyl (C=O) groups excluding carboxylic acids is 1. The molecular formula is C15H22N2O4. The van der Waals surface area contributed by atoms with Crippen molar-refractivity contribution in [2.45, 2.75) is 26.4 Å². The number of ether oxygens (including phenoxy) is 1. The smallest absolute Gasteiger partial charge is 0.317 e. The standard InChI is InChI=1S/C15H22N2O4/c1-11-6-4-5-7-13(11)21-12(2)10-16-15(20)17(3)9-8-14(18)19/h4-7,12H,8-10H2,1-3H3,(H,16,20)(H,18,19). The molecule has 1 atom stereocenters. The Morgan fingerprint density at radius 1 is 1.38 bits per heavy atom. The summed E-state index contributed by atoms with van der Waals surface area (Å²) in [5.74, 6) is -0.135. The number of benzene rings is 1. The summed E-state index contributed by atoms with van der Waals surface area (Å²) in [6.45, 7) is 4.35. The van der Waals surface area contributed by atoms with Crippen LogP contribution in [-0.4, -0.2) is 48.2 Å². The Labute approximate surface area is 124 Å². The Morgan fingerprint density at radius 3 is 2.67 bits per heavy atom. The Kier molecular flexibility index (Phi) is 6.52. The normalized spacial score (nSPS) is 11.6. The molecule has 21 heavy (non-hydrogen) atoms. The number of carboxylic acid groups (broad SMARTS) is 1. The van der Waals surface area contributed by atoms with E-state index in [9.17, 15) is 9.59 Å².